The van der Waals surface area contributed by atoms with Crippen molar-refractivity contribution in [3.05, 3.63) is 0 Å². The predicted octanol–water partition coefficient (Wildman–Crippen LogP) is 3.79. The summed E-state index contributed by atoms with van der Waals surface area (Å²) in [7, 11) is 0. The van der Waals surface area contributed by atoms with E-state index in [0.29, 0.717) is 0 Å². The molecular formula is C5F12N2O. The zero-order valence-electron chi connectivity index (χ0n) is 8.34. The van der Waals surface area contributed by atoms with Crippen LogP contribution in [0.3, 0.4) is 0 Å². The van der Waals surface area contributed by atoms with Gasteiger partial charge in [0.15, 0.2) is 0 Å². The largest absolute Gasteiger partial charge is 0.495 e. The van der Waals surface area contributed by atoms with E-state index in [1.807, 2.05) is 0 Å². The van der Waals surface area contributed by atoms with Gasteiger partial charge in [-0.1, -0.05) is 0 Å². The number of amides is 2. The van der Waals surface area contributed by atoms with Crippen LogP contribution in [0.1, 0.15) is 0 Å². The Balaban J connectivity index is 5.89. The van der Waals surface area contributed by atoms with Crippen molar-refractivity contribution in [1.82, 2.24) is 9.80 Å². The SMILES string of the molecule is O=C(N(C(F)(F)F)C(F)(F)F)N(C(F)(F)F)C(F)(F)F. The molecule has 0 radical (unpaired) electrons. The van der Waals surface area contributed by atoms with Gasteiger partial charge in [0.25, 0.3) is 0 Å². The van der Waals surface area contributed by atoms with E-state index in [9.17, 15) is 57.5 Å². The van der Waals surface area contributed by atoms with Crippen molar-refractivity contribution < 1.29 is 57.5 Å². The first kappa shape index (κ1) is 18.4. The van der Waals surface area contributed by atoms with Gasteiger partial charge in [-0.25, -0.2) is 4.79 Å². The normalized spacial score (nSPS) is 14.2. The number of hydrogen-bond acceptors (Lipinski definition) is 1. The third kappa shape index (κ3) is 4.22. The molecule has 20 heavy (non-hydrogen) atoms. The Hall–Kier alpha value is -1.57. The van der Waals surface area contributed by atoms with Crippen molar-refractivity contribution in [1.29, 1.82) is 0 Å². The summed E-state index contributed by atoms with van der Waals surface area (Å²) in [6, 6.07) is -4.40. The monoisotopic (exact) mass is 332 g/mol. The maximum atomic E-state index is 11.8. The first-order valence-electron chi connectivity index (χ1n) is 3.81. The predicted molar refractivity (Wildman–Crippen MR) is 33.3 cm³/mol. The Morgan fingerprint density at radius 1 is 0.500 bits per heavy atom. The van der Waals surface area contributed by atoms with Crippen LogP contribution in [-0.2, 0) is 0 Å². The summed E-state index contributed by atoms with van der Waals surface area (Å²) in [4.78, 5) is 3.51. The van der Waals surface area contributed by atoms with Crippen molar-refractivity contribution in [2.24, 2.45) is 0 Å². The third-order valence-electron chi connectivity index (χ3n) is 1.40. The third-order valence-corrected chi connectivity index (χ3v) is 1.40. The number of carbonyl (C=O) groups is 1. The molecule has 0 fully saturated rings. The molecule has 3 nitrogen and oxygen atoms in total. The molecule has 0 saturated heterocycles. The van der Waals surface area contributed by atoms with Crippen LogP contribution in [0.25, 0.3) is 0 Å². The molecule has 0 rings (SSSR count). The second-order valence-electron chi connectivity index (χ2n) is 2.82. The van der Waals surface area contributed by atoms with Crippen LogP contribution in [0.2, 0.25) is 0 Å². The molecule has 0 spiro atoms. The molecule has 0 aromatic rings. The van der Waals surface area contributed by atoms with Gasteiger partial charge < -0.3 is 0 Å². The highest BCUT2D eigenvalue weighted by Gasteiger charge is 2.66. The molecule has 0 unspecified atom stereocenters. The molecule has 0 aromatic heterocycles. The van der Waals surface area contributed by atoms with Crippen molar-refractivity contribution in [3.63, 3.8) is 0 Å². The first-order valence-corrected chi connectivity index (χ1v) is 3.81. The van der Waals surface area contributed by atoms with Crippen LogP contribution >= 0.6 is 0 Å². The minimum absolute atomic E-state index is 3.44. The van der Waals surface area contributed by atoms with E-state index in [1.165, 1.54) is 0 Å². The van der Waals surface area contributed by atoms with E-state index >= 15 is 0 Å². The fraction of sp³-hybridized carbons (Fsp3) is 0.800. The van der Waals surface area contributed by atoms with Gasteiger partial charge in [-0.2, -0.15) is 0 Å². The highest BCUT2D eigenvalue weighted by Crippen LogP contribution is 2.40. The van der Waals surface area contributed by atoms with Gasteiger partial charge in [0, 0.05) is 0 Å². The Kier molecular flexibility index (Phi) is 4.39. The van der Waals surface area contributed by atoms with Crippen LogP contribution in [0.15, 0.2) is 0 Å². The van der Waals surface area contributed by atoms with Crippen LogP contribution in [-0.4, -0.2) is 41.0 Å². The van der Waals surface area contributed by atoms with E-state index in [2.05, 4.69) is 0 Å². The number of nitrogens with zero attached hydrogens (tertiary/aromatic N) is 2. The minimum Gasteiger partial charge on any atom is -0.247 e. The summed E-state index contributed by atoms with van der Waals surface area (Å²) < 4.78 is 142. The number of halogens is 12. The van der Waals surface area contributed by atoms with Gasteiger partial charge in [0.1, 0.15) is 0 Å². The van der Waals surface area contributed by atoms with Crippen molar-refractivity contribution in [2.45, 2.75) is 25.2 Å². The van der Waals surface area contributed by atoms with E-state index in [4.69, 9.17) is 0 Å². The Morgan fingerprint density at radius 3 is 0.750 bits per heavy atom. The number of alkyl halides is 12. The van der Waals surface area contributed by atoms with E-state index < -0.39 is 41.0 Å². The maximum absolute atomic E-state index is 11.8. The lowest BCUT2D eigenvalue weighted by Gasteiger charge is -2.33. The highest BCUT2D eigenvalue weighted by atomic mass is 19.4. The molecule has 120 valence electrons. The van der Waals surface area contributed by atoms with Gasteiger partial charge in [-0.3, -0.25) is 0 Å². The molecule has 0 aliphatic heterocycles. The Bertz CT molecular complexity index is 298. The maximum Gasteiger partial charge on any atom is 0.495 e. The van der Waals surface area contributed by atoms with E-state index in [-0.39, 0.29) is 0 Å². The topological polar surface area (TPSA) is 23.6 Å². The fourth-order valence-corrected chi connectivity index (χ4v) is 0.821. The molecular weight excluding hydrogens is 332 g/mol. The van der Waals surface area contributed by atoms with Crippen LogP contribution in [0, 0.1) is 0 Å². The summed E-state index contributed by atoms with van der Waals surface area (Å²) in [5, 5.41) is 0. The molecule has 2 amide bonds. The fourth-order valence-electron chi connectivity index (χ4n) is 0.821. The molecule has 0 atom stereocenters. The number of rotatable bonds is 0. The summed E-state index contributed by atoms with van der Waals surface area (Å²) in [6.07, 6.45) is -27.4. The highest BCUT2D eigenvalue weighted by molar-refractivity contribution is 5.75. The number of carbonyl (C=O) groups excluding carboxylic acids is 1. The first-order chi connectivity index (χ1) is 8.40. The average molecular weight is 332 g/mol. The standard InChI is InChI=1S/C5F12N2O/c6-2(7,8)18(3(9,10)11)1(20)19(4(12,13)14)5(15,16)17. The van der Waals surface area contributed by atoms with Gasteiger partial charge in [0.2, 0.25) is 0 Å². The lowest BCUT2D eigenvalue weighted by atomic mass is 10.6. The second kappa shape index (κ2) is 4.76. The van der Waals surface area contributed by atoms with Crippen molar-refractivity contribution in [3.8, 4) is 0 Å². The summed E-state index contributed by atoms with van der Waals surface area (Å²) in [5.74, 6) is 0. The quantitative estimate of drug-likeness (QED) is 0.489. The van der Waals surface area contributed by atoms with Crippen molar-refractivity contribution >= 4 is 6.03 Å². The molecule has 0 bridgehead atoms. The van der Waals surface area contributed by atoms with Crippen LogP contribution in [0.4, 0.5) is 57.5 Å². The second-order valence-corrected chi connectivity index (χ2v) is 2.82. The average Bonchev–Trinajstić information content (AvgIpc) is 1.88. The number of urea groups is 1. The van der Waals surface area contributed by atoms with Gasteiger partial charge in [-0.15, -0.1) is 62.5 Å². The molecule has 0 aliphatic carbocycles. The lowest BCUT2D eigenvalue weighted by Crippen LogP contribution is -2.62. The smallest absolute Gasteiger partial charge is 0.247 e. The molecule has 0 aromatic carbocycles. The molecule has 0 N–H and O–H groups in total. The summed E-state index contributed by atoms with van der Waals surface area (Å²) >= 11 is 0. The summed E-state index contributed by atoms with van der Waals surface area (Å²) in [6.45, 7) is 0. The lowest BCUT2D eigenvalue weighted by molar-refractivity contribution is -0.382. The van der Waals surface area contributed by atoms with Gasteiger partial charge in [0.05, 0.1) is 0 Å². The number of hydrogen-bond donors (Lipinski definition) is 0. The summed E-state index contributed by atoms with van der Waals surface area (Å²) in [5.41, 5.74) is 0. The van der Waals surface area contributed by atoms with E-state index in [1.54, 1.807) is 0 Å². The molecule has 0 saturated carbocycles. The van der Waals surface area contributed by atoms with E-state index in [0.717, 1.165) is 0 Å². The minimum atomic E-state index is -6.84. The Morgan fingerprint density at radius 2 is 0.650 bits per heavy atom. The van der Waals surface area contributed by atoms with Gasteiger partial charge in [-0.05, 0) is 0 Å². The molecule has 15 heteroatoms. The zero-order chi connectivity index (χ0) is 16.7. The van der Waals surface area contributed by atoms with Crippen LogP contribution in [0.5, 0.6) is 0 Å². The van der Waals surface area contributed by atoms with Gasteiger partial charge >= 0.3 is 31.2 Å². The molecule has 0 aliphatic rings. The van der Waals surface area contributed by atoms with Crippen LogP contribution < -0.4 is 0 Å². The molecule has 0 heterocycles. The Labute approximate surface area is 99.9 Å². The van der Waals surface area contributed by atoms with Crippen molar-refractivity contribution in [2.75, 3.05) is 0 Å². The zero-order valence-corrected chi connectivity index (χ0v) is 8.34.